The quantitative estimate of drug-likeness (QED) is 0.502. The molecule has 1 aliphatic heterocycles. The van der Waals surface area contributed by atoms with Gasteiger partial charge in [-0.15, -0.1) is 5.11 Å². The fraction of sp³-hybridized carbons (Fsp3) is 0.750. The summed E-state index contributed by atoms with van der Waals surface area (Å²) < 4.78 is 2.19. The van der Waals surface area contributed by atoms with Gasteiger partial charge in [0.05, 0.1) is 6.04 Å². The fourth-order valence-electron chi connectivity index (χ4n) is 1.08. The van der Waals surface area contributed by atoms with E-state index in [0.717, 1.165) is 17.4 Å². The molecule has 1 heterocycles. The molecule has 0 saturated heterocycles. The van der Waals surface area contributed by atoms with Gasteiger partial charge < -0.3 is 0 Å². The third-order valence-electron chi connectivity index (χ3n) is 1.95. The molecule has 0 bridgehead atoms. The van der Waals surface area contributed by atoms with Crippen molar-refractivity contribution in [2.75, 3.05) is 0 Å². The topological polar surface area (TPSA) is 24.7 Å². The van der Waals surface area contributed by atoms with E-state index in [-0.39, 0.29) is 0 Å². The summed E-state index contributed by atoms with van der Waals surface area (Å²) in [5, 5.41) is 8.39. The molecule has 0 fully saturated rings. The summed E-state index contributed by atoms with van der Waals surface area (Å²) in [4.78, 5) is 0. The molecule has 4 heteroatoms. The molecule has 0 aromatic carbocycles. The van der Waals surface area contributed by atoms with Crippen LogP contribution in [0.5, 0.6) is 0 Å². The predicted molar refractivity (Wildman–Crippen MR) is 62.7 cm³/mol. The van der Waals surface area contributed by atoms with E-state index in [9.17, 15) is 0 Å². The van der Waals surface area contributed by atoms with Gasteiger partial charge in [0.2, 0.25) is 0 Å². The van der Waals surface area contributed by atoms with Gasteiger partial charge in [0, 0.05) is 3.58 Å². The standard InChI is InChI=1S/C8H12BrIN2/c1-5(2)7-4-3-6(10)8(9)12-11-7/h5,7H,3-4H2,1-2H3. The van der Waals surface area contributed by atoms with E-state index in [1.54, 1.807) is 0 Å². The van der Waals surface area contributed by atoms with Gasteiger partial charge in [0.15, 0.2) is 0 Å². The van der Waals surface area contributed by atoms with Gasteiger partial charge in [0.1, 0.15) is 4.61 Å². The van der Waals surface area contributed by atoms with Gasteiger partial charge in [-0.1, -0.05) is 13.8 Å². The number of allylic oxidation sites excluding steroid dienone is 1. The van der Waals surface area contributed by atoms with Crippen LogP contribution < -0.4 is 0 Å². The monoisotopic (exact) mass is 342 g/mol. The summed E-state index contributed by atoms with van der Waals surface area (Å²) in [6, 6.07) is 0.393. The largest absolute Gasteiger partial charge is 0.184 e. The molecule has 1 rings (SSSR count). The average molecular weight is 343 g/mol. The van der Waals surface area contributed by atoms with Crippen molar-refractivity contribution in [3.63, 3.8) is 0 Å². The number of rotatable bonds is 1. The zero-order valence-corrected chi connectivity index (χ0v) is 11.0. The van der Waals surface area contributed by atoms with Crippen LogP contribution in [0.2, 0.25) is 0 Å². The van der Waals surface area contributed by atoms with Crippen LogP contribution in [0.15, 0.2) is 18.4 Å². The number of azo groups is 1. The second kappa shape index (κ2) is 4.69. The molecule has 2 nitrogen and oxygen atoms in total. The Kier molecular flexibility index (Phi) is 4.16. The number of halogens is 2. The fourth-order valence-corrected chi connectivity index (χ4v) is 1.79. The van der Waals surface area contributed by atoms with E-state index >= 15 is 0 Å². The highest BCUT2D eigenvalue weighted by molar-refractivity contribution is 14.1. The van der Waals surface area contributed by atoms with E-state index in [4.69, 9.17) is 0 Å². The van der Waals surface area contributed by atoms with Crippen LogP contribution in [0.3, 0.4) is 0 Å². The van der Waals surface area contributed by atoms with Crippen LogP contribution in [0.1, 0.15) is 26.7 Å². The Balaban J connectivity index is 2.68. The van der Waals surface area contributed by atoms with E-state index in [1.807, 2.05) is 0 Å². The summed E-state index contributed by atoms with van der Waals surface area (Å²) in [6.45, 7) is 4.38. The minimum Gasteiger partial charge on any atom is -0.184 e. The summed E-state index contributed by atoms with van der Waals surface area (Å²) in [6.07, 6.45) is 2.21. The minimum atomic E-state index is 0.393. The Morgan fingerprint density at radius 3 is 2.83 bits per heavy atom. The maximum Gasteiger partial charge on any atom is 0.137 e. The molecule has 0 aromatic rings. The van der Waals surface area contributed by atoms with Gasteiger partial charge in [-0.3, -0.25) is 0 Å². The minimum absolute atomic E-state index is 0.393. The van der Waals surface area contributed by atoms with Crippen LogP contribution in [0, 0.1) is 5.92 Å². The summed E-state index contributed by atoms with van der Waals surface area (Å²) in [7, 11) is 0. The number of nitrogens with zero attached hydrogens (tertiary/aromatic N) is 2. The van der Waals surface area contributed by atoms with Crippen LogP contribution in [0.25, 0.3) is 0 Å². The normalized spacial score (nSPS) is 24.9. The lowest BCUT2D eigenvalue weighted by molar-refractivity contribution is 0.458. The molecule has 1 aliphatic rings. The maximum absolute atomic E-state index is 4.27. The van der Waals surface area contributed by atoms with Crippen molar-refractivity contribution in [3.8, 4) is 0 Å². The first-order valence-electron chi connectivity index (χ1n) is 4.06. The second-order valence-corrected chi connectivity index (χ2v) is 5.31. The van der Waals surface area contributed by atoms with Gasteiger partial charge in [-0.25, -0.2) is 0 Å². The van der Waals surface area contributed by atoms with Crippen LogP contribution in [0.4, 0.5) is 0 Å². The van der Waals surface area contributed by atoms with Crippen molar-refractivity contribution < 1.29 is 0 Å². The van der Waals surface area contributed by atoms with Gasteiger partial charge >= 0.3 is 0 Å². The zero-order chi connectivity index (χ0) is 9.14. The molecular weight excluding hydrogens is 331 g/mol. The van der Waals surface area contributed by atoms with Crippen molar-refractivity contribution >= 4 is 38.5 Å². The predicted octanol–water partition coefficient (Wildman–Crippen LogP) is 4.26. The molecule has 0 saturated carbocycles. The Hall–Kier alpha value is 0.550. The van der Waals surface area contributed by atoms with Gasteiger partial charge in [0.25, 0.3) is 0 Å². The first-order valence-corrected chi connectivity index (χ1v) is 5.93. The Bertz CT molecular complexity index is 223. The maximum atomic E-state index is 4.27. The summed E-state index contributed by atoms with van der Waals surface area (Å²) >= 11 is 5.71. The molecule has 0 radical (unpaired) electrons. The Morgan fingerprint density at radius 1 is 1.58 bits per heavy atom. The highest BCUT2D eigenvalue weighted by Crippen LogP contribution is 2.30. The van der Waals surface area contributed by atoms with E-state index < -0.39 is 0 Å². The lowest BCUT2D eigenvalue weighted by Gasteiger charge is -2.12. The number of hydrogen-bond donors (Lipinski definition) is 0. The highest BCUT2D eigenvalue weighted by Gasteiger charge is 2.16. The Morgan fingerprint density at radius 2 is 2.25 bits per heavy atom. The molecule has 0 aromatic heterocycles. The smallest absolute Gasteiger partial charge is 0.137 e. The van der Waals surface area contributed by atoms with Gasteiger partial charge in [-0.2, -0.15) is 5.11 Å². The zero-order valence-electron chi connectivity index (χ0n) is 7.22. The lowest BCUT2D eigenvalue weighted by atomic mass is 10.0. The molecule has 0 N–H and O–H groups in total. The van der Waals surface area contributed by atoms with E-state index in [0.29, 0.717) is 12.0 Å². The molecule has 68 valence electrons. The van der Waals surface area contributed by atoms with Crippen LogP contribution in [-0.4, -0.2) is 6.04 Å². The van der Waals surface area contributed by atoms with E-state index in [1.165, 1.54) is 3.58 Å². The first kappa shape index (κ1) is 10.6. The number of hydrogen-bond acceptors (Lipinski definition) is 2. The van der Waals surface area contributed by atoms with Crippen molar-refractivity contribution in [1.82, 2.24) is 0 Å². The third-order valence-corrected chi connectivity index (χ3v) is 4.38. The molecule has 0 spiro atoms. The van der Waals surface area contributed by atoms with Crippen LogP contribution >= 0.6 is 38.5 Å². The average Bonchev–Trinajstić information content (AvgIpc) is 2.16. The second-order valence-electron chi connectivity index (χ2n) is 3.26. The highest BCUT2D eigenvalue weighted by atomic mass is 127. The molecule has 1 atom stereocenters. The van der Waals surface area contributed by atoms with E-state index in [2.05, 4.69) is 62.6 Å². The van der Waals surface area contributed by atoms with Crippen LogP contribution in [-0.2, 0) is 0 Å². The molecule has 12 heavy (non-hydrogen) atoms. The SMILES string of the molecule is CC(C)C1CCC(I)=C(Br)N=N1. The van der Waals surface area contributed by atoms with Crippen molar-refractivity contribution in [1.29, 1.82) is 0 Å². The molecular formula is C8H12BrIN2. The summed E-state index contributed by atoms with van der Waals surface area (Å²) in [5.41, 5.74) is 0. The first-order chi connectivity index (χ1) is 5.61. The lowest BCUT2D eigenvalue weighted by Crippen LogP contribution is -2.11. The molecule has 0 aliphatic carbocycles. The Labute approximate surface area is 95.2 Å². The molecule has 0 amide bonds. The van der Waals surface area contributed by atoms with Crippen molar-refractivity contribution in [3.05, 3.63) is 8.19 Å². The van der Waals surface area contributed by atoms with Crippen molar-refractivity contribution in [2.45, 2.75) is 32.7 Å². The summed E-state index contributed by atoms with van der Waals surface area (Å²) in [5.74, 6) is 0.594. The van der Waals surface area contributed by atoms with Gasteiger partial charge in [-0.05, 0) is 57.3 Å². The third kappa shape index (κ3) is 2.80. The van der Waals surface area contributed by atoms with Crippen molar-refractivity contribution in [2.24, 2.45) is 16.1 Å². The molecule has 1 unspecified atom stereocenters.